The van der Waals surface area contributed by atoms with E-state index in [4.69, 9.17) is 10.5 Å². The van der Waals surface area contributed by atoms with Crippen molar-refractivity contribution in [3.63, 3.8) is 0 Å². The molecule has 0 radical (unpaired) electrons. The van der Waals surface area contributed by atoms with E-state index in [1.54, 1.807) is 13.8 Å². The second-order valence-electron chi connectivity index (χ2n) is 8.27. The first-order chi connectivity index (χ1) is 14.8. The second-order valence-corrected chi connectivity index (χ2v) is 8.27. The highest BCUT2D eigenvalue weighted by atomic mass is 19.1. The van der Waals surface area contributed by atoms with E-state index < -0.39 is 11.4 Å². The quantitative estimate of drug-likeness (QED) is 0.586. The lowest BCUT2D eigenvalue weighted by Gasteiger charge is -2.34. The zero-order valence-electron chi connectivity index (χ0n) is 17.6. The summed E-state index contributed by atoms with van der Waals surface area (Å²) in [6, 6.07) is 6.39. The minimum atomic E-state index is -0.967. The molecule has 1 aromatic carbocycles. The molecule has 1 aliphatic rings. The number of H-pyrrole nitrogens is 1. The number of aromatic amines is 1. The zero-order chi connectivity index (χ0) is 22.2. The Morgan fingerprint density at radius 2 is 1.97 bits per heavy atom. The van der Waals surface area contributed by atoms with Crippen molar-refractivity contribution in [3.05, 3.63) is 59.7 Å². The molecular formula is C22H25FN6O2. The third-order valence-electron chi connectivity index (χ3n) is 5.61. The number of nitrogens with one attached hydrogen (secondary N) is 1. The van der Waals surface area contributed by atoms with Gasteiger partial charge in [0.15, 0.2) is 0 Å². The monoisotopic (exact) mass is 424 g/mol. The van der Waals surface area contributed by atoms with E-state index in [2.05, 4.69) is 25.1 Å². The van der Waals surface area contributed by atoms with Crippen LogP contribution in [-0.4, -0.2) is 37.4 Å². The molecule has 0 unspecified atom stereocenters. The molecule has 0 amide bonds. The number of nitrogens with zero attached hydrogens (tertiary/aromatic N) is 4. The van der Waals surface area contributed by atoms with Crippen LogP contribution in [0, 0.1) is 5.82 Å². The average Bonchev–Trinajstić information content (AvgIpc) is 2.76. The molecule has 4 rings (SSSR count). The summed E-state index contributed by atoms with van der Waals surface area (Å²) in [5, 5.41) is 17.5. The Morgan fingerprint density at radius 3 is 2.61 bits per heavy atom. The molecule has 1 fully saturated rings. The number of aromatic nitrogens is 5. The molecule has 9 heteroatoms. The number of benzene rings is 1. The summed E-state index contributed by atoms with van der Waals surface area (Å²) in [5.41, 5.74) is 7.36. The third kappa shape index (κ3) is 4.27. The number of ether oxygens (including phenoxy) is 1. The third-order valence-corrected chi connectivity index (χ3v) is 5.61. The van der Waals surface area contributed by atoms with E-state index in [0.29, 0.717) is 28.3 Å². The molecule has 8 nitrogen and oxygen atoms in total. The summed E-state index contributed by atoms with van der Waals surface area (Å²) < 4.78 is 19.2. The van der Waals surface area contributed by atoms with Gasteiger partial charge in [0, 0.05) is 23.6 Å². The van der Waals surface area contributed by atoms with Gasteiger partial charge in [-0.25, -0.2) is 14.4 Å². The molecular weight excluding hydrogens is 399 g/mol. The van der Waals surface area contributed by atoms with E-state index in [1.165, 1.54) is 25.6 Å². The molecule has 2 aromatic heterocycles. The lowest BCUT2D eigenvalue weighted by Crippen LogP contribution is -2.23. The first kappa shape index (κ1) is 20.9. The number of pyridine rings is 1. The van der Waals surface area contributed by atoms with Crippen molar-refractivity contribution < 1.29 is 14.2 Å². The van der Waals surface area contributed by atoms with E-state index in [9.17, 15) is 9.50 Å². The topological polar surface area (TPSA) is 123 Å². The first-order valence-electron chi connectivity index (χ1n) is 10.0. The number of anilines is 1. The van der Waals surface area contributed by atoms with Crippen molar-refractivity contribution >= 4 is 16.7 Å². The summed E-state index contributed by atoms with van der Waals surface area (Å²) in [7, 11) is 1.44. The maximum absolute atomic E-state index is 14.0. The van der Waals surface area contributed by atoms with Crippen molar-refractivity contribution in [1.29, 1.82) is 0 Å². The number of hydrogen-bond donors (Lipinski definition) is 3. The molecule has 0 spiro atoms. The number of nitrogens with two attached hydrogens (primary N) is 1. The van der Waals surface area contributed by atoms with Crippen LogP contribution in [-0.2, 0) is 5.60 Å². The molecule has 3 aromatic rings. The lowest BCUT2D eigenvalue weighted by atomic mass is 9.71. The van der Waals surface area contributed by atoms with Crippen LogP contribution in [0.4, 0.5) is 10.2 Å². The van der Waals surface area contributed by atoms with E-state index in [1.807, 2.05) is 18.3 Å². The molecule has 1 saturated carbocycles. The maximum atomic E-state index is 14.0. The molecule has 162 valence electrons. The standard InChI is InChI=1S/C22H25FN6O2/c1-22(2,30)18-5-4-12(10-25-18)13-6-14(7-13)21-28-20(24)16-8-15(23)9-17(31-3)19(16)26-11-27-29-21/h4-5,8-11,13-14,30H,6-7,24H2,1-3H3,(H,28,29). The van der Waals surface area contributed by atoms with Crippen molar-refractivity contribution in [2.24, 2.45) is 0 Å². The Balaban J connectivity index is 1.62. The maximum Gasteiger partial charge on any atom is 0.148 e. The van der Waals surface area contributed by atoms with Gasteiger partial charge in [-0.15, -0.1) is 0 Å². The molecule has 0 aliphatic heterocycles. The number of methoxy groups -OCH3 is 1. The van der Waals surface area contributed by atoms with Crippen LogP contribution in [0.15, 0.2) is 36.8 Å². The fourth-order valence-electron chi connectivity index (χ4n) is 3.76. The lowest BCUT2D eigenvalue weighted by molar-refractivity contribution is 0.0738. The molecule has 0 atom stereocenters. The van der Waals surface area contributed by atoms with Gasteiger partial charge in [-0.3, -0.25) is 10.1 Å². The number of nitrogen functional groups attached to an aromatic ring is 1. The van der Waals surface area contributed by atoms with Gasteiger partial charge in [-0.1, -0.05) is 6.07 Å². The highest BCUT2D eigenvalue weighted by Crippen LogP contribution is 2.46. The van der Waals surface area contributed by atoms with E-state index in [-0.39, 0.29) is 17.5 Å². The molecule has 0 bridgehead atoms. The van der Waals surface area contributed by atoms with Gasteiger partial charge in [0.05, 0.1) is 12.8 Å². The molecule has 2 heterocycles. The van der Waals surface area contributed by atoms with Crippen LogP contribution in [0.1, 0.15) is 55.6 Å². The van der Waals surface area contributed by atoms with Gasteiger partial charge in [0.2, 0.25) is 0 Å². The van der Waals surface area contributed by atoms with Crippen molar-refractivity contribution in [2.45, 2.75) is 44.1 Å². The predicted molar refractivity (Wildman–Crippen MR) is 114 cm³/mol. The minimum Gasteiger partial charge on any atom is -0.494 e. The Kier molecular flexibility index (Phi) is 5.45. The molecule has 1 aliphatic carbocycles. The number of fused-ring (bicyclic) bond motifs is 1. The van der Waals surface area contributed by atoms with Crippen molar-refractivity contribution in [2.75, 3.05) is 12.8 Å². The summed E-state index contributed by atoms with van der Waals surface area (Å²) in [6.07, 6.45) is 4.83. The predicted octanol–water partition coefficient (Wildman–Crippen LogP) is 3.49. The second kappa shape index (κ2) is 8.07. The smallest absolute Gasteiger partial charge is 0.148 e. The zero-order valence-corrected chi connectivity index (χ0v) is 17.6. The number of hydrogen-bond acceptors (Lipinski definition) is 7. The summed E-state index contributed by atoms with van der Waals surface area (Å²) in [5.74, 6) is 0.965. The van der Waals surface area contributed by atoms with Crippen LogP contribution >= 0.6 is 0 Å². The SMILES string of the molecule is COc1cc(F)cc2c(N)nc(C3CC(c4ccc(C(C)(C)O)nc4)C3)[nH]ncnc12. The van der Waals surface area contributed by atoms with Crippen LogP contribution in [0.25, 0.3) is 10.9 Å². The fraction of sp³-hybridized carbons (Fsp3) is 0.364. The molecule has 0 saturated heterocycles. The Labute approximate surface area is 179 Å². The Bertz CT molecular complexity index is 1150. The molecule has 4 N–H and O–H groups in total. The van der Waals surface area contributed by atoms with Crippen LogP contribution in [0.2, 0.25) is 0 Å². The summed E-state index contributed by atoms with van der Waals surface area (Å²) in [4.78, 5) is 13.1. The van der Waals surface area contributed by atoms with Crippen LogP contribution in [0.5, 0.6) is 5.75 Å². The van der Waals surface area contributed by atoms with Gasteiger partial charge in [-0.2, -0.15) is 5.10 Å². The highest BCUT2D eigenvalue weighted by Gasteiger charge is 2.33. The fourth-order valence-corrected chi connectivity index (χ4v) is 3.76. The van der Waals surface area contributed by atoms with E-state index >= 15 is 0 Å². The number of aliphatic hydroxyl groups is 1. The van der Waals surface area contributed by atoms with Crippen LogP contribution < -0.4 is 10.5 Å². The minimum absolute atomic E-state index is 0.117. The van der Waals surface area contributed by atoms with Gasteiger partial charge < -0.3 is 15.6 Å². The van der Waals surface area contributed by atoms with Crippen molar-refractivity contribution in [3.8, 4) is 5.75 Å². The summed E-state index contributed by atoms with van der Waals surface area (Å²) in [6.45, 7) is 3.42. The number of halogens is 1. The average molecular weight is 424 g/mol. The van der Waals surface area contributed by atoms with Gasteiger partial charge in [0.1, 0.15) is 40.7 Å². The Morgan fingerprint density at radius 1 is 1.19 bits per heavy atom. The van der Waals surface area contributed by atoms with E-state index in [0.717, 1.165) is 18.4 Å². The van der Waals surface area contributed by atoms with Crippen molar-refractivity contribution in [1.82, 2.24) is 25.1 Å². The van der Waals surface area contributed by atoms with Crippen LogP contribution in [0.3, 0.4) is 0 Å². The Hall–Kier alpha value is -3.33. The van der Waals surface area contributed by atoms with Gasteiger partial charge >= 0.3 is 0 Å². The largest absolute Gasteiger partial charge is 0.494 e. The summed E-state index contributed by atoms with van der Waals surface area (Å²) >= 11 is 0. The normalized spacial score (nSPS) is 18.4. The van der Waals surface area contributed by atoms with Gasteiger partial charge in [0.25, 0.3) is 0 Å². The number of rotatable bonds is 4. The highest BCUT2D eigenvalue weighted by molar-refractivity contribution is 5.91. The first-order valence-corrected chi connectivity index (χ1v) is 10.0. The van der Waals surface area contributed by atoms with Gasteiger partial charge in [-0.05, 0) is 50.3 Å². The molecule has 31 heavy (non-hydrogen) atoms.